The van der Waals surface area contributed by atoms with Crippen molar-refractivity contribution in [3.63, 3.8) is 0 Å². The Labute approximate surface area is 675 Å². The van der Waals surface area contributed by atoms with Crippen molar-refractivity contribution in [3.05, 3.63) is 0 Å². The normalized spacial score (nSPS) is 35.2. The fourth-order valence-corrected chi connectivity index (χ4v) is 17.2. The number of urea groups is 1. The Bertz CT molecular complexity index is 3330. The topological polar surface area (TPSA) is 695 Å². The van der Waals surface area contributed by atoms with Gasteiger partial charge in [0.1, 0.15) is 79.3 Å². The van der Waals surface area contributed by atoms with Crippen molar-refractivity contribution in [2.45, 2.75) is 223 Å². The lowest BCUT2D eigenvalue weighted by molar-refractivity contribution is -0.437. The number of rotatable bonds is 53. The molecule has 7 saturated heterocycles. The standard InChI is InChI=1S/C53H88N4O50S8/c1-21-23(17-84-113(69,70)71)87-48(30(31(21)78-2)56-28(59)15-9-8-12-16-54-27(58)14-11-10-13-26-29-22(20-108-26)55-53(64)57-29)92-36-34(79-3)42(81-5)50(94-40(36)46(60)61)91-33-25(19-86-115(75,76)77)89-52(45(99-112-107-103-68)39(33)97-110-105-101-66)93-37-35(80-4)43(82-6)51(95-41(37)47(62)63)90-32-24(18-85-114(72,73)74)88-49(83-7)44(98-111-106-102-67)38(32)96-109-104-100-65/h21-26,29-45,48-52,65-68H,8-20H2,1-7H3,(H,54,58)(H,56,59)(H,60,61)(H,62,63)(H2,55,57,64)(H,69,70,71)(H,72,73,74)(H,75,76,77)/t21-,22?,23?,24?,25?,26?,29?,30?,31-,32-,33+,34-,35?,36+,37-,38-,39?,40?,41+,42?,43?,44?,45?,48-,49+,50+,51-,52+/m0/s1. The first-order valence-electron chi connectivity index (χ1n) is 33.6. The fourth-order valence-electron chi connectivity index (χ4n) is 13.3. The first kappa shape index (κ1) is 99.4. The highest BCUT2D eigenvalue weighted by atomic mass is 32.3. The van der Waals surface area contributed by atoms with E-state index in [1.807, 2.05) is 0 Å². The van der Waals surface area contributed by atoms with Crippen LogP contribution in [0.2, 0.25) is 0 Å². The number of fused-ring (bicyclic) bond motifs is 1. The summed E-state index contributed by atoms with van der Waals surface area (Å²) >= 11 is 0.908. The molecule has 13 N–H and O–H groups in total. The molecule has 54 nitrogen and oxygen atoms in total. The predicted octanol–water partition coefficient (Wildman–Crippen LogP) is -1.50. The molecular formula is C53H88N4O50S8. The largest absolute Gasteiger partial charge is 0.479 e. The number of amides is 4. The van der Waals surface area contributed by atoms with Crippen LogP contribution in [0.15, 0.2) is 0 Å². The third-order valence-electron chi connectivity index (χ3n) is 18.3. The number of unbranched alkanes of at least 4 members (excludes halogenated alkanes) is 3. The molecule has 4 amide bonds. The second-order valence-corrected chi connectivity index (χ2v) is 31.4. The van der Waals surface area contributed by atoms with Gasteiger partial charge in [-0.25, -0.2) is 48.0 Å². The zero-order chi connectivity index (χ0) is 84.3. The van der Waals surface area contributed by atoms with Gasteiger partial charge in [-0.2, -0.15) is 37.0 Å². The van der Waals surface area contributed by atoms with Gasteiger partial charge in [-0.05, 0) is 25.7 Å². The Hall–Kier alpha value is -2.73. The lowest BCUT2D eigenvalue weighted by Gasteiger charge is -2.51. The van der Waals surface area contributed by atoms with Crippen LogP contribution < -0.4 is 21.3 Å². The molecule has 7 rings (SSSR count). The number of carbonyl (C=O) groups is 5. The molecule has 0 aliphatic carbocycles. The van der Waals surface area contributed by atoms with Crippen LogP contribution in [0.5, 0.6) is 0 Å². The van der Waals surface area contributed by atoms with Crippen molar-refractivity contribution >= 4 is 122 Å². The zero-order valence-corrected chi connectivity index (χ0v) is 67.4. The predicted molar refractivity (Wildman–Crippen MR) is 367 cm³/mol. The molecule has 0 aromatic heterocycles. The minimum atomic E-state index is -5.59. The highest BCUT2D eigenvalue weighted by molar-refractivity contribution is 8.00. The molecule has 115 heavy (non-hydrogen) atoms. The smallest absolute Gasteiger partial charge is 0.397 e. The number of nitrogens with one attached hydrogen (secondary N) is 4. The van der Waals surface area contributed by atoms with E-state index in [0.29, 0.717) is 25.8 Å². The molecule has 0 spiro atoms. The van der Waals surface area contributed by atoms with E-state index in [4.69, 9.17) is 102 Å². The second-order valence-electron chi connectivity index (χ2n) is 25.0. The van der Waals surface area contributed by atoms with E-state index < -0.39 is 222 Å². The monoisotopic (exact) mass is 1840 g/mol. The number of aliphatic carboxylic acids is 2. The van der Waals surface area contributed by atoms with Gasteiger partial charge in [-0.1, -0.05) is 39.9 Å². The molecular weight excluding hydrogens is 1750 g/mol. The zero-order valence-electron chi connectivity index (χ0n) is 60.9. The summed E-state index contributed by atoms with van der Waals surface area (Å²) in [5.41, 5.74) is 0. The molecule has 7 fully saturated rings. The summed E-state index contributed by atoms with van der Waals surface area (Å²) < 4.78 is 246. The number of carbonyl (C=O) groups excluding carboxylic acids is 3. The van der Waals surface area contributed by atoms with E-state index in [9.17, 15) is 83.6 Å². The summed E-state index contributed by atoms with van der Waals surface area (Å²) in [6.07, 6.45) is -42.5. The van der Waals surface area contributed by atoms with Crippen molar-refractivity contribution in [3.8, 4) is 0 Å². The number of hydrogen-bond donors (Lipinski definition) is 13. The van der Waals surface area contributed by atoms with Crippen LogP contribution in [0.1, 0.15) is 58.3 Å². The van der Waals surface area contributed by atoms with Gasteiger partial charge in [-0.15, -0.1) is 17.3 Å². The first-order chi connectivity index (χ1) is 54.8. The molecule has 62 heteroatoms. The minimum absolute atomic E-state index is 0.0452. The quantitative estimate of drug-likeness (QED) is 0.00823. The summed E-state index contributed by atoms with van der Waals surface area (Å²) in [5, 5.41) is 84.7. The van der Waals surface area contributed by atoms with Crippen LogP contribution in [0.4, 0.5) is 4.79 Å². The highest BCUT2D eigenvalue weighted by Crippen LogP contribution is 2.43. The Morgan fingerprint density at radius 1 is 0.470 bits per heavy atom. The van der Waals surface area contributed by atoms with E-state index >= 15 is 0 Å². The Balaban J connectivity index is 1.15. The van der Waals surface area contributed by atoms with Gasteiger partial charge in [0.25, 0.3) is 0 Å². The number of hydrogen-bond acceptors (Lipinski definition) is 50. The van der Waals surface area contributed by atoms with E-state index in [1.165, 1.54) is 14.0 Å². The van der Waals surface area contributed by atoms with Crippen LogP contribution in [0.25, 0.3) is 0 Å². The third-order valence-corrected chi connectivity index (χ3v) is 22.7. The van der Waals surface area contributed by atoms with Gasteiger partial charge in [0.05, 0.1) is 44.1 Å². The number of methoxy groups -OCH3 is 6. The number of carboxylic acid groups (broad SMARTS) is 2. The SMILES string of the molecule is COC1C(OC)[C@H](O[C@H]2OC(COS(=O)(=O)O)[C@@H](O[C@@H]3OC(C(=O)O)[C@H](O[C@@H]4OC(COS(=O)(=O)O)[C@H](C)[C@H](OC)C4NC(=O)CCCCCNC(=O)CCCCC4SCC5NC(=O)NC54)[C@H](OC)C3OC)C(OSOOO)C2OSOOO)[C@H](C(=O)O)O[C@@H]1O[C@H]1C(COS(=O)(=O)O)O[C@@H](OC)C(OSOOO)[C@H]1OSOOO. The van der Waals surface area contributed by atoms with Crippen molar-refractivity contribution in [1.82, 2.24) is 21.3 Å². The Kier molecular flexibility index (Phi) is 42.3. The van der Waals surface area contributed by atoms with Crippen LogP contribution >= 0.6 is 61.1 Å². The fraction of sp³-hybridized carbons (Fsp3) is 0.906. The molecule has 7 aliphatic heterocycles. The molecule has 0 saturated carbocycles. The van der Waals surface area contributed by atoms with Crippen molar-refractivity contribution in [1.29, 1.82) is 0 Å². The van der Waals surface area contributed by atoms with Crippen LogP contribution in [-0.2, 0) is 188 Å². The van der Waals surface area contributed by atoms with Crippen molar-refractivity contribution in [2.24, 2.45) is 5.92 Å². The van der Waals surface area contributed by atoms with E-state index in [2.05, 4.69) is 67.1 Å². The maximum absolute atomic E-state index is 14.0. The summed E-state index contributed by atoms with van der Waals surface area (Å²) in [5.74, 6) is -4.79. The molecule has 0 aromatic carbocycles. The number of carboxylic acids is 2. The van der Waals surface area contributed by atoms with Gasteiger partial charge < -0.3 is 103 Å². The molecule has 7 heterocycles. The van der Waals surface area contributed by atoms with Crippen LogP contribution in [0, 0.1) is 5.92 Å². The number of thioether (sulfide) groups is 1. The molecule has 0 radical (unpaired) electrons. The Morgan fingerprint density at radius 2 is 0.878 bits per heavy atom. The average Bonchev–Trinajstić information content (AvgIpc) is 1.42. The minimum Gasteiger partial charge on any atom is -0.479 e. The lowest BCUT2D eigenvalue weighted by Crippen LogP contribution is -2.69. The molecule has 0 bridgehead atoms. The third kappa shape index (κ3) is 29.5. The molecule has 0 aromatic rings. The Morgan fingerprint density at radius 3 is 1.33 bits per heavy atom. The first-order valence-corrected chi connectivity index (χ1v) is 41.5. The number of ether oxygens (including phenoxy) is 15. The molecule has 668 valence electrons. The van der Waals surface area contributed by atoms with Gasteiger partial charge in [0.15, 0.2) is 105 Å². The summed E-state index contributed by atoms with van der Waals surface area (Å²) in [6.45, 7) is -1.79. The van der Waals surface area contributed by atoms with E-state index in [-0.39, 0.29) is 97.8 Å². The van der Waals surface area contributed by atoms with Gasteiger partial charge in [0.2, 0.25) is 11.8 Å². The lowest BCUT2D eigenvalue weighted by atomic mass is 9.88. The van der Waals surface area contributed by atoms with Crippen LogP contribution in [-0.4, -0.2) is 339 Å². The van der Waals surface area contributed by atoms with Crippen molar-refractivity contribution in [2.75, 3.05) is 74.8 Å². The summed E-state index contributed by atoms with van der Waals surface area (Å²) in [4.78, 5) is 65.8. The van der Waals surface area contributed by atoms with Crippen molar-refractivity contribution < 1.29 is 232 Å². The second kappa shape index (κ2) is 48.9. The van der Waals surface area contributed by atoms with Gasteiger partial charge >= 0.3 is 49.2 Å². The highest BCUT2D eigenvalue weighted by Gasteiger charge is 2.62. The average molecular weight is 1840 g/mol. The van der Waals surface area contributed by atoms with Gasteiger partial charge in [0, 0.05) is 79.0 Å². The summed E-state index contributed by atoms with van der Waals surface area (Å²) in [6, 6.07) is -1.49. The van der Waals surface area contributed by atoms with Gasteiger partial charge in [-0.3, -0.25) is 40.0 Å². The molecule has 28 atom stereocenters. The maximum atomic E-state index is 14.0. The van der Waals surface area contributed by atoms with E-state index in [0.717, 1.165) is 54.1 Å². The summed E-state index contributed by atoms with van der Waals surface area (Å²) in [7, 11) is -9.92. The molecule has 14 unspecified atom stereocenters. The molecule has 7 aliphatic rings. The maximum Gasteiger partial charge on any atom is 0.397 e. The van der Waals surface area contributed by atoms with E-state index in [1.54, 1.807) is 11.8 Å². The van der Waals surface area contributed by atoms with Crippen LogP contribution in [0.3, 0.4) is 0 Å².